The Morgan fingerprint density at radius 1 is 1.44 bits per heavy atom. The van der Waals surface area contributed by atoms with Crippen LogP contribution in [0.1, 0.15) is 20.8 Å². The first-order valence-electron chi connectivity index (χ1n) is 4.92. The van der Waals surface area contributed by atoms with E-state index in [4.69, 9.17) is 4.74 Å². The van der Waals surface area contributed by atoms with E-state index in [1.165, 1.54) is 12.1 Å². The van der Waals surface area contributed by atoms with E-state index in [0.717, 1.165) is 0 Å². The van der Waals surface area contributed by atoms with Crippen molar-refractivity contribution in [1.82, 2.24) is 0 Å². The van der Waals surface area contributed by atoms with Crippen LogP contribution < -0.4 is 4.74 Å². The Morgan fingerprint density at radius 3 is 2.62 bits per heavy atom. The van der Waals surface area contributed by atoms with Gasteiger partial charge >= 0.3 is 0 Å². The molecule has 1 aromatic rings. The van der Waals surface area contributed by atoms with Gasteiger partial charge in [0.2, 0.25) is 0 Å². The molecule has 0 fully saturated rings. The van der Waals surface area contributed by atoms with Crippen LogP contribution in [0, 0.1) is 11.2 Å². The Kier molecular flexibility index (Phi) is 4.08. The molecule has 4 heteroatoms. The zero-order valence-electron chi connectivity index (χ0n) is 9.51. The molecule has 16 heavy (non-hydrogen) atoms. The molecule has 1 aromatic carbocycles. The summed E-state index contributed by atoms with van der Waals surface area (Å²) in [6.45, 7) is 5.41. The normalized spacial score (nSPS) is 11.3. The molecule has 0 aromatic heterocycles. The van der Waals surface area contributed by atoms with Crippen molar-refractivity contribution >= 4 is 21.7 Å². The first-order chi connectivity index (χ1) is 7.30. The van der Waals surface area contributed by atoms with Crippen LogP contribution in [-0.2, 0) is 4.79 Å². The molecule has 0 unspecified atom stereocenters. The first-order valence-corrected chi connectivity index (χ1v) is 5.71. The SMILES string of the molecule is CC(C)(C)C(=O)COc1cc(F)ccc1Br. The van der Waals surface area contributed by atoms with Gasteiger partial charge in [-0.05, 0) is 28.1 Å². The average Bonchev–Trinajstić information content (AvgIpc) is 2.17. The minimum atomic E-state index is -0.445. The number of ether oxygens (including phenoxy) is 1. The third kappa shape index (κ3) is 3.59. The molecule has 0 atom stereocenters. The summed E-state index contributed by atoms with van der Waals surface area (Å²) in [5, 5.41) is 0. The van der Waals surface area contributed by atoms with Gasteiger partial charge in [-0.2, -0.15) is 0 Å². The van der Waals surface area contributed by atoms with Crippen molar-refractivity contribution in [2.24, 2.45) is 5.41 Å². The van der Waals surface area contributed by atoms with E-state index in [-0.39, 0.29) is 18.2 Å². The number of Topliss-reactive ketones (excluding diaryl/α,β-unsaturated/α-hetero) is 1. The molecule has 0 heterocycles. The largest absolute Gasteiger partial charge is 0.485 e. The lowest BCUT2D eigenvalue weighted by molar-refractivity contribution is -0.128. The second-order valence-electron chi connectivity index (χ2n) is 4.54. The average molecular weight is 289 g/mol. The van der Waals surface area contributed by atoms with E-state index in [2.05, 4.69) is 15.9 Å². The maximum absolute atomic E-state index is 12.9. The highest BCUT2D eigenvalue weighted by molar-refractivity contribution is 9.10. The van der Waals surface area contributed by atoms with Gasteiger partial charge in [0.1, 0.15) is 18.2 Å². The summed E-state index contributed by atoms with van der Waals surface area (Å²) in [6.07, 6.45) is 0. The monoisotopic (exact) mass is 288 g/mol. The van der Waals surface area contributed by atoms with Crippen molar-refractivity contribution in [3.05, 3.63) is 28.5 Å². The highest BCUT2D eigenvalue weighted by atomic mass is 79.9. The maximum Gasteiger partial charge on any atom is 0.175 e. The highest BCUT2D eigenvalue weighted by Gasteiger charge is 2.21. The Bertz CT molecular complexity index is 396. The van der Waals surface area contributed by atoms with Gasteiger partial charge in [-0.3, -0.25) is 4.79 Å². The fraction of sp³-hybridized carbons (Fsp3) is 0.417. The molecule has 0 spiro atoms. The van der Waals surface area contributed by atoms with Gasteiger partial charge in [-0.15, -0.1) is 0 Å². The molecule has 0 radical (unpaired) electrons. The van der Waals surface area contributed by atoms with Crippen LogP contribution in [0.4, 0.5) is 4.39 Å². The summed E-state index contributed by atoms with van der Waals surface area (Å²) >= 11 is 3.23. The van der Waals surface area contributed by atoms with Gasteiger partial charge in [0.15, 0.2) is 5.78 Å². The van der Waals surface area contributed by atoms with Gasteiger partial charge in [-0.1, -0.05) is 20.8 Å². The number of hydrogen-bond donors (Lipinski definition) is 0. The molecule has 0 aliphatic heterocycles. The van der Waals surface area contributed by atoms with E-state index < -0.39 is 5.41 Å². The molecule has 0 saturated carbocycles. The van der Waals surface area contributed by atoms with Gasteiger partial charge in [0.25, 0.3) is 0 Å². The summed E-state index contributed by atoms with van der Waals surface area (Å²) in [4.78, 5) is 11.6. The summed E-state index contributed by atoms with van der Waals surface area (Å²) < 4.78 is 18.8. The predicted molar refractivity (Wildman–Crippen MR) is 64.1 cm³/mol. The molecule has 0 bridgehead atoms. The van der Waals surface area contributed by atoms with Crippen LogP contribution in [0.15, 0.2) is 22.7 Å². The quantitative estimate of drug-likeness (QED) is 0.850. The number of ketones is 1. The fourth-order valence-electron chi connectivity index (χ4n) is 0.948. The summed E-state index contributed by atoms with van der Waals surface area (Å²) in [5.41, 5.74) is -0.445. The number of halogens is 2. The lowest BCUT2D eigenvalue weighted by Crippen LogP contribution is -2.26. The lowest BCUT2D eigenvalue weighted by Gasteiger charge is -2.17. The molecule has 0 aliphatic rings. The van der Waals surface area contributed by atoms with Crippen molar-refractivity contribution in [1.29, 1.82) is 0 Å². The van der Waals surface area contributed by atoms with Gasteiger partial charge in [0.05, 0.1) is 4.47 Å². The van der Waals surface area contributed by atoms with E-state index >= 15 is 0 Å². The van der Waals surface area contributed by atoms with E-state index in [9.17, 15) is 9.18 Å². The van der Waals surface area contributed by atoms with E-state index in [0.29, 0.717) is 10.2 Å². The summed E-state index contributed by atoms with van der Waals surface area (Å²) in [6, 6.07) is 4.12. The zero-order chi connectivity index (χ0) is 12.3. The zero-order valence-corrected chi connectivity index (χ0v) is 11.1. The standard InChI is InChI=1S/C12H14BrFO2/c1-12(2,3)11(15)7-16-10-6-8(14)4-5-9(10)13/h4-6H,7H2,1-3H3. The topological polar surface area (TPSA) is 26.3 Å². The number of benzene rings is 1. The molecule has 88 valence electrons. The van der Waals surface area contributed by atoms with Gasteiger partial charge in [-0.25, -0.2) is 4.39 Å². The lowest BCUT2D eigenvalue weighted by atomic mass is 9.91. The smallest absolute Gasteiger partial charge is 0.175 e. The summed E-state index contributed by atoms with van der Waals surface area (Å²) in [5.74, 6) is -0.0670. The fourth-order valence-corrected chi connectivity index (χ4v) is 1.31. The Labute approximate surface area is 103 Å². The van der Waals surface area contributed by atoms with Crippen LogP contribution >= 0.6 is 15.9 Å². The number of hydrogen-bond acceptors (Lipinski definition) is 2. The molecular formula is C12H14BrFO2. The van der Waals surface area contributed by atoms with Crippen LogP contribution in [0.3, 0.4) is 0 Å². The Morgan fingerprint density at radius 2 is 2.06 bits per heavy atom. The Balaban J connectivity index is 2.68. The molecule has 0 N–H and O–H groups in total. The number of rotatable bonds is 3. The van der Waals surface area contributed by atoms with Crippen molar-refractivity contribution in [2.75, 3.05) is 6.61 Å². The first kappa shape index (κ1) is 13.2. The van der Waals surface area contributed by atoms with Crippen LogP contribution in [-0.4, -0.2) is 12.4 Å². The van der Waals surface area contributed by atoms with E-state index in [1.54, 1.807) is 6.07 Å². The number of carbonyl (C=O) groups excluding carboxylic acids is 1. The van der Waals surface area contributed by atoms with Gasteiger partial charge in [0, 0.05) is 11.5 Å². The molecule has 0 saturated heterocycles. The summed E-state index contributed by atoms with van der Waals surface area (Å²) in [7, 11) is 0. The van der Waals surface area contributed by atoms with Crippen molar-refractivity contribution in [3.63, 3.8) is 0 Å². The molecular weight excluding hydrogens is 275 g/mol. The molecule has 0 amide bonds. The molecule has 2 nitrogen and oxygen atoms in total. The van der Waals surface area contributed by atoms with Crippen LogP contribution in [0.2, 0.25) is 0 Å². The Hall–Kier alpha value is -0.900. The predicted octanol–water partition coefficient (Wildman–Crippen LogP) is 3.58. The molecule has 0 aliphatic carbocycles. The minimum absolute atomic E-state index is 0.0244. The third-order valence-corrected chi connectivity index (χ3v) is 2.74. The number of carbonyl (C=O) groups is 1. The van der Waals surface area contributed by atoms with Crippen LogP contribution in [0.5, 0.6) is 5.75 Å². The van der Waals surface area contributed by atoms with Crippen molar-refractivity contribution < 1.29 is 13.9 Å². The maximum atomic E-state index is 12.9. The van der Waals surface area contributed by atoms with E-state index in [1.807, 2.05) is 20.8 Å². The second-order valence-corrected chi connectivity index (χ2v) is 5.39. The minimum Gasteiger partial charge on any atom is -0.485 e. The van der Waals surface area contributed by atoms with Gasteiger partial charge < -0.3 is 4.74 Å². The highest BCUT2D eigenvalue weighted by Crippen LogP contribution is 2.26. The molecule has 1 rings (SSSR count). The van der Waals surface area contributed by atoms with Crippen molar-refractivity contribution in [2.45, 2.75) is 20.8 Å². The third-order valence-electron chi connectivity index (χ3n) is 2.09. The second kappa shape index (κ2) is 4.95. The van der Waals surface area contributed by atoms with Crippen molar-refractivity contribution in [3.8, 4) is 5.75 Å². The van der Waals surface area contributed by atoms with Crippen LogP contribution in [0.25, 0.3) is 0 Å².